The van der Waals surface area contributed by atoms with Crippen LogP contribution in [0, 0.1) is 5.92 Å². The maximum absolute atomic E-state index is 12.3. The Hall–Kier alpha value is -1.76. The molecule has 1 aromatic carbocycles. The van der Waals surface area contributed by atoms with Crippen LogP contribution in [-0.4, -0.2) is 74.2 Å². The maximum atomic E-state index is 12.3. The maximum Gasteiger partial charge on any atom is 0.244 e. The first kappa shape index (κ1) is 28.8. The van der Waals surface area contributed by atoms with E-state index in [1.807, 2.05) is 24.3 Å². The molecule has 4 rings (SSSR count). The number of likely N-dealkylation sites (tertiary alicyclic amines) is 2. The van der Waals surface area contributed by atoms with Gasteiger partial charge in [0.2, 0.25) is 5.91 Å². The van der Waals surface area contributed by atoms with Gasteiger partial charge in [-0.15, -0.1) is 12.4 Å². The molecule has 2 saturated heterocycles. The van der Waals surface area contributed by atoms with Gasteiger partial charge in [0.05, 0.1) is 7.11 Å². The Labute approximate surface area is 224 Å². The van der Waals surface area contributed by atoms with Crippen molar-refractivity contribution in [3.8, 4) is 11.5 Å². The number of piperidine rings is 2. The molecule has 1 aliphatic carbocycles. The van der Waals surface area contributed by atoms with Crippen LogP contribution in [0.5, 0.6) is 11.5 Å². The number of benzene rings is 1. The van der Waals surface area contributed by atoms with Gasteiger partial charge in [0.25, 0.3) is 0 Å². The first-order valence-corrected chi connectivity index (χ1v) is 13.9. The van der Waals surface area contributed by atoms with Crippen LogP contribution in [-0.2, 0) is 4.79 Å². The van der Waals surface area contributed by atoms with Gasteiger partial charge < -0.3 is 19.7 Å². The summed E-state index contributed by atoms with van der Waals surface area (Å²) in [4.78, 5) is 17.6. The van der Waals surface area contributed by atoms with Gasteiger partial charge in [-0.1, -0.05) is 19.4 Å². The second-order valence-electron chi connectivity index (χ2n) is 10.7. The van der Waals surface area contributed by atoms with E-state index in [0.29, 0.717) is 18.4 Å². The fraction of sp³-hybridized carbons (Fsp3) is 0.690. The summed E-state index contributed by atoms with van der Waals surface area (Å²) in [6.45, 7) is 8.80. The van der Waals surface area contributed by atoms with Gasteiger partial charge in [-0.25, -0.2) is 0 Å². The van der Waals surface area contributed by atoms with Crippen molar-refractivity contribution in [1.82, 2.24) is 15.1 Å². The van der Waals surface area contributed by atoms with E-state index in [0.717, 1.165) is 55.7 Å². The molecule has 2 aliphatic heterocycles. The molecule has 2 heterocycles. The highest BCUT2D eigenvalue weighted by Gasteiger charge is 2.25. The van der Waals surface area contributed by atoms with Crippen molar-refractivity contribution in [3.63, 3.8) is 0 Å². The number of carbonyl (C=O) groups excluding carboxylic acids is 1. The molecular weight excluding hydrogens is 474 g/mol. The number of carbonyl (C=O) groups is 1. The molecule has 0 bridgehead atoms. The predicted octanol–water partition coefficient (Wildman–Crippen LogP) is 5.15. The third kappa shape index (κ3) is 8.67. The van der Waals surface area contributed by atoms with E-state index in [1.54, 1.807) is 13.2 Å². The minimum Gasteiger partial charge on any atom is -0.493 e. The first-order chi connectivity index (χ1) is 17.1. The van der Waals surface area contributed by atoms with Crippen molar-refractivity contribution in [2.75, 3.05) is 46.4 Å². The van der Waals surface area contributed by atoms with Gasteiger partial charge in [0.15, 0.2) is 11.5 Å². The Kier molecular flexibility index (Phi) is 11.9. The second kappa shape index (κ2) is 14.8. The number of nitrogens with one attached hydrogen (secondary N) is 1. The van der Waals surface area contributed by atoms with Crippen LogP contribution in [0.15, 0.2) is 24.3 Å². The largest absolute Gasteiger partial charge is 0.493 e. The molecule has 1 N–H and O–H groups in total. The van der Waals surface area contributed by atoms with E-state index >= 15 is 0 Å². The second-order valence-corrected chi connectivity index (χ2v) is 10.7. The Bertz CT molecular complexity index is 827. The highest BCUT2D eigenvalue weighted by molar-refractivity contribution is 5.92. The summed E-state index contributed by atoms with van der Waals surface area (Å²) < 4.78 is 11.7. The molecule has 3 aliphatic rings. The molecule has 7 heteroatoms. The van der Waals surface area contributed by atoms with E-state index in [1.165, 1.54) is 58.0 Å². The number of hydrogen-bond donors (Lipinski definition) is 1. The lowest BCUT2D eigenvalue weighted by molar-refractivity contribution is -0.117. The van der Waals surface area contributed by atoms with Crippen LogP contribution in [0.25, 0.3) is 6.08 Å². The molecule has 1 saturated carbocycles. The van der Waals surface area contributed by atoms with Crippen LogP contribution < -0.4 is 14.8 Å². The van der Waals surface area contributed by atoms with E-state index < -0.39 is 0 Å². The van der Waals surface area contributed by atoms with Crippen molar-refractivity contribution < 1.29 is 14.3 Å². The summed E-state index contributed by atoms with van der Waals surface area (Å²) in [6, 6.07) is 6.95. The van der Waals surface area contributed by atoms with Crippen LogP contribution >= 0.6 is 12.4 Å². The molecule has 0 radical (unpaired) electrons. The molecule has 202 valence electrons. The van der Waals surface area contributed by atoms with Gasteiger partial charge >= 0.3 is 0 Å². The molecule has 0 unspecified atom stereocenters. The molecular formula is C29H46ClN3O3. The lowest BCUT2D eigenvalue weighted by Gasteiger charge is -2.40. The molecule has 0 aromatic heterocycles. The van der Waals surface area contributed by atoms with Crippen molar-refractivity contribution in [2.24, 2.45) is 5.92 Å². The molecule has 36 heavy (non-hydrogen) atoms. The third-order valence-corrected chi connectivity index (χ3v) is 8.11. The van der Waals surface area contributed by atoms with Crippen molar-refractivity contribution >= 4 is 24.4 Å². The Morgan fingerprint density at radius 3 is 2.42 bits per heavy atom. The average molecular weight is 520 g/mol. The number of halogens is 1. The Morgan fingerprint density at radius 2 is 1.72 bits per heavy atom. The van der Waals surface area contributed by atoms with Gasteiger partial charge in [0, 0.05) is 24.7 Å². The highest BCUT2D eigenvalue weighted by Crippen LogP contribution is 2.29. The SMILES string of the molecule is COc1cc(/C=C/C(=O)NC2CCC(C)CC2)ccc1OCCN1CCC(N2CCCCC2)CC1.Cl. The van der Waals surface area contributed by atoms with Crippen molar-refractivity contribution in [1.29, 1.82) is 0 Å². The van der Waals surface area contributed by atoms with E-state index in [-0.39, 0.29) is 18.3 Å². The highest BCUT2D eigenvalue weighted by atomic mass is 35.5. The summed E-state index contributed by atoms with van der Waals surface area (Å²) in [6.07, 6.45) is 14.7. The molecule has 0 atom stereocenters. The van der Waals surface area contributed by atoms with E-state index in [2.05, 4.69) is 22.0 Å². The molecule has 6 nitrogen and oxygen atoms in total. The number of amides is 1. The minimum atomic E-state index is -0.0205. The summed E-state index contributed by atoms with van der Waals surface area (Å²) in [5, 5.41) is 3.14. The number of hydrogen-bond acceptors (Lipinski definition) is 5. The summed E-state index contributed by atoms with van der Waals surface area (Å²) in [5.74, 6) is 2.22. The number of ether oxygens (including phenoxy) is 2. The van der Waals surface area contributed by atoms with Crippen molar-refractivity contribution in [3.05, 3.63) is 29.8 Å². The van der Waals surface area contributed by atoms with Gasteiger partial charge in [-0.2, -0.15) is 0 Å². The summed E-state index contributed by atoms with van der Waals surface area (Å²) >= 11 is 0. The fourth-order valence-electron chi connectivity index (χ4n) is 5.81. The lowest BCUT2D eigenvalue weighted by Crippen LogP contribution is -2.47. The van der Waals surface area contributed by atoms with Gasteiger partial charge in [-0.05, 0) is 107 Å². The van der Waals surface area contributed by atoms with Crippen LogP contribution in [0.2, 0.25) is 0 Å². The zero-order valence-corrected chi connectivity index (χ0v) is 23.1. The van der Waals surface area contributed by atoms with Crippen molar-refractivity contribution in [2.45, 2.75) is 76.8 Å². The normalized spacial score (nSPS) is 24.3. The number of nitrogens with zero attached hydrogens (tertiary/aromatic N) is 2. The topological polar surface area (TPSA) is 54.0 Å². The van der Waals surface area contributed by atoms with Crippen LogP contribution in [0.3, 0.4) is 0 Å². The average Bonchev–Trinajstić information content (AvgIpc) is 2.90. The van der Waals surface area contributed by atoms with Gasteiger partial charge in [0.1, 0.15) is 6.61 Å². The van der Waals surface area contributed by atoms with Crippen LogP contribution in [0.4, 0.5) is 0 Å². The molecule has 3 fully saturated rings. The zero-order valence-electron chi connectivity index (χ0n) is 22.3. The lowest BCUT2D eigenvalue weighted by atomic mass is 9.87. The first-order valence-electron chi connectivity index (χ1n) is 13.9. The Balaban J connectivity index is 0.00000361. The van der Waals surface area contributed by atoms with E-state index in [9.17, 15) is 4.79 Å². The predicted molar refractivity (Wildman–Crippen MR) is 149 cm³/mol. The quantitative estimate of drug-likeness (QED) is 0.457. The van der Waals surface area contributed by atoms with Gasteiger partial charge in [-0.3, -0.25) is 9.69 Å². The summed E-state index contributed by atoms with van der Waals surface area (Å²) in [5.41, 5.74) is 0.932. The molecule has 1 aromatic rings. The third-order valence-electron chi connectivity index (χ3n) is 8.11. The molecule has 1 amide bonds. The molecule has 0 spiro atoms. The number of rotatable bonds is 9. The van der Waals surface area contributed by atoms with E-state index in [4.69, 9.17) is 9.47 Å². The monoisotopic (exact) mass is 519 g/mol. The Morgan fingerprint density at radius 1 is 1.00 bits per heavy atom. The summed E-state index contributed by atoms with van der Waals surface area (Å²) in [7, 11) is 1.66. The van der Waals surface area contributed by atoms with Crippen LogP contribution in [0.1, 0.15) is 70.3 Å². The standard InChI is InChI=1S/C29H45N3O3.ClH/c1-23-6-10-25(11-7-23)30-29(33)13-9-24-8-12-27(28(22-24)34-2)35-21-20-31-18-14-26(15-19-31)32-16-4-3-5-17-32;/h8-9,12-13,22-23,25-26H,3-7,10-11,14-21H2,1-2H3,(H,30,33);1H/b13-9+;. The number of methoxy groups -OCH3 is 1. The fourth-order valence-corrected chi connectivity index (χ4v) is 5.81. The smallest absolute Gasteiger partial charge is 0.244 e. The minimum absolute atomic E-state index is 0. The zero-order chi connectivity index (χ0) is 24.5.